The van der Waals surface area contributed by atoms with E-state index in [1.807, 2.05) is 13.0 Å². The normalized spacial score (nSPS) is 22.2. The molecule has 1 saturated heterocycles. The van der Waals surface area contributed by atoms with Gasteiger partial charge in [-0.05, 0) is 50.5 Å². The largest absolute Gasteiger partial charge is 0.377 e. The summed E-state index contributed by atoms with van der Waals surface area (Å²) in [4.78, 5) is 2.27. The van der Waals surface area contributed by atoms with Crippen molar-refractivity contribution in [3.05, 3.63) is 29.1 Å². The molecule has 19 heavy (non-hydrogen) atoms. The summed E-state index contributed by atoms with van der Waals surface area (Å²) >= 11 is 0. The molecule has 3 nitrogen and oxygen atoms in total. The lowest BCUT2D eigenvalue weighted by Crippen LogP contribution is -2.31. The van der Waals surface area contributed by atoms with Crippen LogP contribution in [0, 0.1) is 12.7 Å². The first-order valence-corrected chi connectivity index (χ1v) is 6.91. The van der Waals surface area contributed by atoms with Crippen LogP contribution >= 0.6 is 0 Å². The van der Waals surface area contributed by atoms with E-state index in [2.05, 4.69) is 11.8 Å². The van der Waals surface area contributed by atoms with Crippen LogP contribution in [0.1, 0.15) is 37.4 Å². The van der Waals surface area contributed by atoms with Gasteiger partial charge in [-0.15, -0.1) is 0 Å². The summed E-state index contributed by atoms with van der Waals surface area (Å²) in [6, 6.07) is 3.31. The third kappa shape index (κ3) is 3.25. The van der Waals surface area contributed by atoms with Crippen LogP contribution in [0.3, 0.4) is 0 Å². The minimum Gasteiger partial charge on any atom is -0.377 e. The molecule has 2 N–H and O–H groups in total. The predicted molar refractivity (Wildman–Crippen MR) is 76.0 cm³/mol. The maximum Gasteiger partial charge on any atom is 0.126 e. The lowest BCUT2D eigenvalue weighted by molar-refractivity contribution is 0.0821. The Kier molecular flexibility index (Phi) is 4.42. The van der Waals surface area contributed by atoms with Crippen molar-refractivity contribution in [2.24, 2.45) is 5.73 Å². The Morgan fingerprint density at radius 3 is 2.89 bits per heavy atom. The van der Waals surface area contributed by atoms with Gasteiger partial charge in [-0.3, -0.25) is 0 Å². The number of halogens is 1. The third-order valence-electron chi connectivity index (χ3n) is 3.59. The highest BCUT2D eigenvalue weighted by molar-refractivity contribution is 5.57. The van der Waals surface area contributed by atoms with Gasteiger partial charge in [-0.2, -0.15) is 0 Å². The first-order chi connectivity index (χ1) is 8.99. The second kappa shape index (κ2) is 5.88. The van der Waals surface area contributed by atoms with Crippen LogP contribution in [0.2, 0.25) is 0 Å². The van der Waals surface area contributed by atoms with Gasteiger partial charge in [-0.1, -0.05) is 0 Å². The molecule has 1 aromatic rings. The maximum atomic E-state index is 13.7. The number of hydrogen-bond acceptors (Lipinski definition) is 3. The summed E-state index contributed by atoms with van der Waals surface area (Å²) in [5, 5.41) is 0. The summed E-state index contributed by atoms with van der Waals surface area (Å²) in [6.07, 6.45) is 1.17. The molecule has 1 aliphatic heterocycles. The molecule has 1 aliphatic rings. The number of hydrogen-bond donors (Lipinski definition) is 1. The molecule has 0 aromatic heterocycles. The number of nitrogens with two attached hydrogens (primary N) is 1. The van der Waals surface area contributed by atoms with E-state index in [4.69, 9.17) is 10.5 Å². The lowest BCUT2D eigenvalue weighted by Gasteiger charge is -2.28. The Labute approximate surface area is 114 Å². The zero-order valence-electron chi connectivity index (χ0n) is 11.9. The highest BCUT2D eigenvalue weighted by atomic mass is 19.1. The van der Waals surface area contributed by atoms with Crippen molar-refractivity contribution in [3.8, 4) is 0 Å². The van der Waals surface area contributed by atoms with Gasteiger partial charge >= 0.3 is 0 Å². The fourth-order valence-electron chi connectivity index (χ4n) is 2.53. The van der Waals surface area contributed by atoms with Crippen molar-refractivity contribution in [3.63, 3.8) is 0 Å². The number of aryl methyl sites for hydroxylation is 1. The maximum absolute atomic E-state index is 13.7. The number of rotatable bonds is 2. The molecule has 106 valence electrons. The van der Waals surface area contributed by atoms with E-state index in [1.54, 1.807) is 13.0 Å². The molecule has 4 heteroatoms. The van der Waals surface area contributed by atoms with Crippen molar-refractivity contribution in [1.29, 1.82) is 0 Å². The van der Waals surface area contributed by atoms with Crippen LogP contribution in [0.5, 0.6) is 0 Å². The molecule has 2 rings (SSSR count). The monoisotopic (exact) mass is 266 g/mol. The first-order valence-electron chi connectivity index (χ1n) is 6.91. The molecule has 0 saturated carbocycles. The Morgan fingerprint density at radius 1 is 1.47 bits per heavy atom. The Bertz CT molecular complexity index is 448. The number of nitrogens with zero attached hydrogens (tertiary/aromatic N) is 1. The van der Waals surface area contributed by atoms with Gasteiger partial charge in [-0.25, -0.2) is 4.39 Å². The molecule has 0 amide bonds. The smallest absolute Gasteiger partial charge is 0.126 e. The van der Waals surface area contributed by atoms with E-state index >= 15 is 0 Å². The van der Waals surface area contributed by atoms with Crippen molar-refractivity contribution in [1.82, 2.24) is 0 Å². The van der Waals surface area contributed by atoms with Crippen LogP contribution in [0.15, 0.2) is 12.1 Å². The van der Waals surface area contributed by atoms with Crippen LogP contribution in [-0.2, 0) is 4.74 Å². The molecule has 0 bridgehead atoms. The molecule has 2 atom stereocenters. The van der Waals surface area contributed by atoms with Crippen LogP contribution in [-0.4, -0.2) is 25.8 Å². The van der Waals surface area contributed by atoms with Gasteiger partial charge in [0.25, 0.3) is 0 Å². The fourth-order valence-corrected chi connectivity index (χ4v) is 2.53. The zero-order chi connectivity index (χ0) is 14.0. The standard InChI is InChI=1S/C15H23FN2O/c1-10-7-15(13(12(3)17)8-14(10)16)18-5-4-6-19-11(2)9-18/h7-8,11-12H,4-6,9,17H2,1-3H3/t11?,12-/m0/s1. The number of benzene rings is 1. The Hall–Kier alpha value is -1.13. The van der Waals surface area contributed by atoms with Crippen molar-refractivity contribution < 1.29 is 9.13 Å². The summed E-state index contributed by atoms with van der Waals surface area (Å²) in [6.45, 7) is 8.29. The lowest BCUT2D eigenvalue weighted by atomic mass is 10.0. The van der Waals surface area contributed by atoms with Crippen molar-refractivity contribution in [2.45, 2.75) is 39.3 Å². The van der Waals surface area contributed by atoms with E-state index in [0.717, 1.165) is 37.4 Å². The van der Waals surface area contributed by atoms with Gasteiger partial charge < -0.3 is 15.4 Å². The first kappa shape index (κ1) is 14.3. The van der Waals surface area contributed by atoms with E-state index in [9.17, 15) is 4.39 Å². The van der Waals surface area contributed by atoms with Gasteiger partial charge in [0.15, 0.2) is 0 Å². The van der Waals surface area contributed by atoms with Crippen molar-refractivity contribution in [2.75, 3.05) is 24.6 Å². The number of anilines is 1. The Morgan fingerprint density at radius 2 is 2.21 bits per heavy atom. The molecular formula is C15H23FN2O. The van der Waals surface area contributed by atoms with Crippen LogP contribution in [0.4, 0.5) is 10.1 Å². The quantitative estimate of drug-likeness (QED) is 0.894. The van der Waals surface area contributed by atoms with Crippen molar-refractivity contribution >= 4 is 5.69 Å². The SMILES string of the molecule is Cc1cc(N2CCCOC(C)C2)c([C@H](C)N)cc1F. The van der Waals surface area contributed by atoms with E-state index in [0.29, 0.717) is 5.56 Å². The average molecular weight is 266 g/mol. The van der Waals surface area contributed by atoms with Crippen LogP contribution in [0.25, 0.3) is 0 Å². The summed E-state index contributed by atoms with van der Waals surface area (Å²) in [7, 11) is 0. The van der Waals surface area contributed by atoms with Gasteiger partial charge in [0.1, 0.15) is 5.82 Å². The molecule has 1 unspecified atom stereocenters. The predicted octanol–water partition coefficient (Wildman–Crippen LogP) is 2.77. The van der Waals surface area contributed by atoms with Crippen LogP contribution < -0.4 is 10.6 Å². The Balaban J connectivity index is 2.38. The number of ether oxygens (including phenoxy) is 1. The molecule has 1 heterocycles. The molecular weight excluding hydrogens is 243 g/mol. The zero-order valence-corrected chi connectivity index (χ0v) is 11.9. The highest BCUT2D eigenvalue weighted by Gasteiger charge is 2.20. The van der Waals surface area contributed by atoms with Gasteiger partial charge in [0.05, 0.1) is 6.10 Å². The second-order valence-electron chi connectivity index (χ2n) is 5.43. The van der Waals surface area contributed by atoms with Gasteiger partial charge in [0.2, 0.25) is 0 Å². The summed E-state index contributed by atoms with van der Waals surface area (Å²) in [5.41, 5.74) is 8.57. The molecule has 0 aliphatic carbocycles. The molecule has 0 radical (unpaired) electrons. The molecule has 1 fully saturated rings. The van der Waals surface area contributed by atoms with Gasteiger partial charge in [0, 0.05) is 31.4 Å². The average Bonchev–Trinajstić information content (AvgIpc) is 2.56. The highest BCUT2D eigenvalue weighted by Crippen LogP contribution is 2.29. The fraction of sp³-hybridized carbons (Fsp3) is 0.600. The second-order valence-corrected chi connectivity index (χ2v) is 5.43. The molecule has 0 spiro atoms. The summed E-state index contributed by atoms with van der Waals surface area (Å²) < 4.78 is 19.4. The van der Waals surface area contributed by atoms with E-state index in [-0.39, 0.29) is 18.0 Å². The molecule has 1 aromatic carbocycles. The minimum atomic E-state index is -0.185. The summed E-state index contributed by atoms with van der Waals surface area (Å²) in [5.74, 6) is -0.185. The minimum absolute atomic E-state index is 0.176. The van der Waals surface area contributed by atoms with E-state index in [1.165, 1.54) is 0 Å². The third-order valence-corrected chi connectivity index (χ3v) is 3.59. The van der Waals surface area contributed by atoms with E-state index < -0.39 is 0 Å². The topological polar surface area (TPSA) is 38.5 Å².